The second kappa shape index (κ2) is 6.00. The van der Waals surface area contributed by atoms with E-state index in [0.717, 1.165) is 31.8 Å². The minimum Gasteiger partial charge on any atom is -0.477 e. The predicted octanol–water partition coefficient (Wildman–Crippen LogP) is 3.01. The molecule has 1 aromatic heterocycles. The van der Waals surface area contributed by atoms with E-state index in [2.05, 4.69) is 4.90 Å². The maximum Gasteiger partial charge on any atom is 0.352 e. The second-order valence-corrected chi connectivity index (χ2v) is 6.29. The Bertz CT molecular complexity index is 455. The molecule has 1 aliphatic carbocycles. The maximum absolute atomic E-state index is 11.2. The lowest BCUT2D eigenvalue weighted by Crippen LogP contribution is -2.37. The third kappa shape index (κ3) is 2.90. The minimum absolute atomic E-state index is 0.357. The van der Waals surface area contributed by atoms with E-state index in [-0.39, 0.29) is 0 Å². The lowest BCUT2D eigenvalue weighted by atomic mass is 10.0. The van der Waals surface area contributed by atoms with Crippen molar-refractivity contribution in [3.05, 3.63) is 24.0 Å². The number of aromatic nitrogens is 1. The highest BCUT2D eigenvalue weighted by atomic mass is 16.4. The van der Waals surface area contributed by atoms with Crippen molar-refractivity contribution in [3.8, 4) is 0 Å². The summed E-state index contributed by atoms with van der Waals surface area (Å²) in [6.45, 7) is 3.47. The molecular weight excluding hydrogens is 252 g/mol. The number of aromatic carboxylic acids is 1. The van der Waals surface area contributed by atoms with Gasteiger partial charge in [-0.15, -0.1) is 0 Å². The average molecular weight is 276 g/mol. The monoisotopic (exact) mass is 276 g/mol. The summed E-state index contributed by atoms with van der Waals surface area (Å²) >= 11 is 0. The first kappa shape index (κ1) is 13.7. The number of carboxylic acid groups (broad SMARTS) is 1. The molecule has 1 aliphatic heterocycles. The van der Waals surface area contributed by atoms with Gasteiger partial charge in [-0.1, -0.05) is 12.8 Å². The molecule has 1 aromatic rings. The Hall–Kier alpha value is -1.29. The summed E-state index contributed by atoms with van der Waals surface area (Å²) in [5.74, 6) is 0.0936. The van der Waals surface area contributed by atoms with Crippen LogP contribution in [0.3, 0.4) is 0 Å². The largest absolute Gasteiger partial charge is 0.477 e. The number of hydrogen-bond donors (Lipinski definition) is 1. The van der Waals surface area contributed by atoms with Crippen LogP contribution in [-0.4, -0.2) is 40.2 Å². The lowest BCUT2D eigenvalue weighted by Gasteiger charge is -2.34. The molecule has 2 heterocycles. The summed E-state index contributed by atoms with van der Waals surface area (Å²) in [4.78, 5) is 13.8. The van der Waals surface area contributed by atoms with E-state index in [1.807, 2.05) is 16.8 Å². The summed E-state index contributed by atoms with van der Waals surface area (Å²) in [6, 6.07) is 3.90. The van der Waals surface area contributed by atoms with Crippen LogP contribution in [0.25, 0.3) is 0 Å². The highest BCUT2D eigenvalue weighted by Crippen LogP contribution is 2.29. The summed E-state index contributed by atoms with van der Waals surface area (Å²) in [7, 11) is 0. The number of nitrogens with zero attached hydrogens (tertiary/aromatic N) is 2. The van der Waals surface area contributed by atoms with Gasteiger partial charge in [0.1, 0.15) is 5.69 Å². The van der Waals surface area contributed by atoms with Crippen LogP contribution in [0.5, 0.6) is 0 Å². The molecule has 3 rings (SSSR count). The van der Waals surface area contributed by atoms with Crippen molar-refractivity contribution in [1.82, 2.24) is 9.47 Å². The summed E-state index contributed by atoms with van der Waals surface area (Å²) in [6.07, 6.45) is 9.68. The summed E-state index contributed by atoms with van der Waals surface area (Å²) in [5.41, 5.74) is 0.430. The molecule has 0 unspecified atom stereocenters. The van der Waals surface area contributed by atoms with E-state index >= 15 is 0 Å². The van der Waals surface area contributed by atoms with Gasteiger partial charge in [0.2, 0.25) is 0 Å². The Kier molecular flexibility index (Phi) is 4.10. The molecule has 0 radical (unpaired) electrons. The van der Waals surface area contributed by atoms with Gasteiger partial charge >= 0.3 is 5.97 Å². The molecule has 4 nitrogen and oxygen atoms in total. The van der Waals surface area contributed by atoms with Crippen molar-refractivity contribution in [2.75, 3.05) is 19.6 Å². The number of likely N-dealkylation sites (tertiary alicyclic amines) is 1. The first-order chi connectivity index (χ1) is 9.74. The van der Waals surface area contributed by atoms with Gasteiger partial charge in [0, 0.05) is 31.9 Å². The van der Waals surface area contributed by atoms with Crippen molar-refractivity contribution < 1.29 is 9.90 Å². The Morgan fingerprint density at radius 1 is 1.20 bits per heavy atom. The Balaban J connectivity index is 1.55. The van der Waals surface area contributed by atoms with Crippen LogP contribution in [0.2, 0.25) is 0 Å². The van der Waals surface area contributed by atoms with Crippen LogP contribution in [0.1, 0.15) is 55.1 Å². The van der Waals surface area contributed by atoms with Gasteiger partial charge in [-0.25, -0.2) is 4.79 Å². The number of rotatable bonds is 4. The summed E-state index contributed by atoms with van der Waals surface area (Å²) in [5, 5.41) is 9.20. The van der Waals surface area contributed by atoms with Crippen molar-refractivity contribution in [1.29, 1.82) is 0 Å². The number of piperidine rings is 1. The third-order valence-electron chi connectivity index (χ3n) is 4.94. The van der Waals surface area contributed by atoms with Crippen molar-refractivity contribution >= 4 is 5.97 Å². The van der Waals surface area contributed by atoms with Gasteiger partial charge in [-0.3, -0.25) is 0 Å². The normalized spacial score (nSPS) is 22.4. The molecule has 2 fully saturated rings. The molecule has 2 aliphatic rings. The first-order valence-corrected chi connectivity index (χ1v) is 7.86. The van der Waals surface area contributed by atoms with Crippen LogP contribution in [0.15, 0.2) is 18.3 Å². The topological polar surface area (TPSA) is 45.5 Å². The predicted molar refractivity (Wildman–Crippen MR) is 78.1 cm³/mol. The maximum atomic E-state index is 11.2. The van der Waals surface area contributed by atoms with Gasteiger partial charge in [0.15, 0.2) is 0 Å². The third-order valence-corrected chi connectivity index (χ3v) is 4.94. The molecule has 110 valence electrons. The molecule has 0 spiro atoms. The zero-order valence-corrected chi connectivity index (χ0v) is 12.0. The smallest absolute Gasteiger partial charge is 0.352 e. The minimum atomic E-state index is -0.816. The van der Waals surface area contributed by atoms with Crippen LogP contribution in [0.4, 0.5) is 0 Å². The fourth-order valence-corrected chi connectivity index (χ4v) is 3.83. The number of carboxylic acids is 1. The molecular formula is C16H24N2O2. The van der Waals surface area contributed by atoms with Crippen LogP contribution in [-0.2, 0) is 0 Å². The number of hydrogen-bond acceptors (Lipinski definition) is 2. The highest BCUT2D eigenvalue weighted by Gasteiger charge is 2.25. The van der Waals surface area contributed by atoms with Crippen LogP contribution in [0, 0.1) is 5.92 Å². The quantitative estimate of drug-likeness (QED) is 0.919. The van der Waals surface area contributed by atoms with E-state index in [0.29, 0.717) is 11.7 Å². The molecule has 1 N–H and O–H groups in total. The van der Waals surface area contributed by atoms with Gasteiger partial charge in [0.05, 0.1) is 0 Å². The molecule has 1 saturated heterocycles. The van der Waals surface area contributed by atoms with E-state index in [1.165, 1.54) is 32.2 Å². The molecule has 0 atom stereocenters. The molecule has 0 bridgehead atoms. The fourth-order valence-electron chi connectivity index (χ4n) is 3.83. The first-order valence-electron chi connectivity index (χ1n) is 7.86. The Morgan fingerprint density at radius 3 is 2.55 bits per heavy atom. The molecule has 0 amide bonds. The zero-order chi connectivity index (χ0) is 13.9. The highest BCUT2D eigenvalue weighted by molar-refractivity contribution is 5.85. The van der Waals surface area contributed by atoms with Gasteiger partial charge in [-0.05, 0) is 43.7 Å². The van der Waals surface area contributed by atoms with E-state index in [1.54, 1.807) is 6.07 Å². The molecule has 4 heteroatoms. The van der Waals surface area contributed by atoms with Gasteiger partial charge < -0.3 is 14.6 Å². The number of carbonyl (C=O) groups is 1. The van der Waals surface area contributed by atoms with Gasteiger partial charge in [-0.2, -0.15) is 0 Å². The van der Waals surface area contributed by atoms with Gasteiger partial charge in [0.25, 0.3) is 0 Å². The molecule has 1 saturated carbocycles. The van der Waals surface area contributed by atoms with E-state index < -0.39 is 5.97 Å². The average Bonchev–Trinajstić information content (AvgIpc) is 3.10. The zero-order valence-electron chi connectivity index (χ0n) is 12.0. The van der Waals surface area contributed by atoms with Crippen LogP contribution >= 0.6 is 0 Å². The fraction of sp³-hybridized carbons (Fsp3) is 0.688. The molecule has 0 aromatic carbocycles. The summed E-state index contributed by atoms with van der Waals surface area (Å²) < 4.78 is 1.95. The van der Waals surface area contributed by atoms with Crippen molar-refractivity contribution in [3.63, 3.8) is 0 Å². The van der Waals surface area contributed by atoms with E-state index in [9.17, 15) is 9.90 Å². The Labute approximate surface area is 120 Å². The Morgan fingerprint density at radius 2 is 1.90 bits per heavy atom. The SMILES string of the molecule is O=C(O)c1cccn1C1CCN(CC2CCCC2)CC1. The molecule has 20 heavy (non-hydrogen) atoms. The van der Waals surface area contributed by atoms with E-state index in [4.69, 9.17) is 0 Å². The van der Waals surface area contributed by atoms with Crippen molar-refractivity contribution in [2.45, 2.75) is 44.6 Å². The lowest BCUT2D eigenvalue weighted by molar-refractivity contribution is 0.0677. The van der Waals surface area contributed by atoms with Crippen LogP contribution < -0.4 is 0 Å². The van der Waals surface area contributed by atoms with Crippen molar-refractivity contribution in [2.24, 2.45) is 5.92 Å². The standard InChI is InChI=1S/C16H24N2O2/c19-16(20)15-6-3-9-18(15)14-7-10-17(11-8-14)12-13-4-1-2-5-13/h3,6,9,13-14H,1-2,4-5,7-8,10-12H2,(H,19,20). The second-order valence-electron chi connectivity index (χ2n) is 6.29.